The van der Waals surface area contributed by atoms with Gasteiger partial charge in [0.1, 0.15) is 0 Å². The molecule has 0 aliphatic carbocycles. The number of nitrogens with zero attached hydrogens (tertiary/aromatic N) is 1. The first-order chi connectivity index (χ1) is 13.4. The quantitative estimate of drug-likeness (QED) is 0.574. The Kier molecular flexibility index (Phi) is 6.31. The summed E-state index contributed by atoms with van der Waals surface area (Å²) in [4.78, 5) is 28.2. The summed E-state index contributed by atoms with van der Waals surface area (Å²) in [6, 6.07) is 13.0. The highest BCUT2D eigenvalue weighted by atomic mass is 35.5. The van der Waals surface area contributed by atoms with E-state index in [0.717, 1.165) is 12.0 Å². The van der Waals surface area contributed by atoms with Gasteiger partial charge in [-0.05, 0) is 49.3 Å². The average molecular weight is 416 g/mol. The SMILES string of the molecule is CCC(NC(=O)CCn1c(=S)[nH]c2cc(Cl)ccc2c1=O)c1ccc(C)cc1. The van der Waals surface area contributed by atoms with Gasteiger partial charge in [0, 0.05) is 18.0 Å². The second-order valence-electron chi connectivity index (χ2n) is 6.77. The third-order valence-corrected chi connectivity index (χ3v) is 5.29. The van der Waals surface area contributed by atoms with Crippen LogP contribution in [0.1, 0.15) is 36.9 Å². The second-order valence-corrected chi connectivity index (χ2v) is 7.59. The smallest absolute Gasteiger partial charge is 0.262 e. The van der Waals surface area contributed by atoms with Crippen LogP contribution in [0.15, 0.2) is 47.3 Å². The van der Waals surface area contributed by atoms with Crippen LogP contribution in [0.3, 0.4) is 0 Å². The summed E-state index contributed by atoms with van der Waals surface area (Å²) >= 11 is 11.3. The van der Waals surface area contributed by atoms with Crippen LogP contribution in [-0.2, 0) is 11.3 Å². The van der Waals surface area contributed by atoms with Gasteiger partial charge in [-0.25, -0.2) is 0 Å². The van der Waals surface area contributed by atoms with Crippen LogP contribution >= 0.6 is 23.8 Å². The lowest BCUT2D eigenvalue weighted by molar-refractivity contribution is -0.122. The molecule has 1 atom stereocenters. The van der Waals surface area contributed by atoms with E-state index in [1.54, 1.807) is 18.2 Å². The molecule has 5 nitrogen and oxygen atoms in total. The Morgan fingerprint density at radius 3 is 2.64 bits per heavy atom. The van der Waals surface area contributed by atoms with Gasteiger partial charge in [-0.3, -0.25) is 14.2 Å². The van der Waals surface area contributed by atoms with Crippen LogP contribution < -0.4 is 10.9 Å². The zero-order valence-corrected chi connectivity index (χ0v) is 17.4. The Hall–Kier alpha value is -2.44. The molecule has 0 saturated carbocycles. The first-order valence-corrected chi connectivity index (χ1v) is 9.96. The number of carbonyl (C=O) groups is 1. The minimum Gasteiger partial charge on any atom is -0.349 e. The predicted octanol–water partition coefficient (Wildman–Crippen LogP) is 4.68. The van der Waals surface area contributed by atoms with E-state index in [2.05, 4.69) is 10.3 Å². The highest BCUT2D eigenvalue weighted by molar-refractivity contribution is 7.71. The summed E-state index contributed by atoms with van der Waals surface area (Å²) in [6.07, 6.45) is 0.949. The van der Waals surface area contributed by atoms with Gasteiger partial charge in [-0.15, -0.1) is 0 Å². The monoisotopic (exact) mass is 415 g/mol. The van der Waals surface area contributed by atoms with Crippen LogP contribution in [-0.4, -0.2) is 15.5 Å². The fourth-order valence-electron chi connectivity index (χ4n) is 3.13. The van der Waals surface area contributed by atoms with Crippen molar-refractivity contribution >= 4 is 40.6 Å². The molecule has 0 spiro atoms. The van der Waals surface area contributed by atoms with Gasteiger partial charge in [-0.1, -0.05) is 48.4 Å². The summed E-state index contributed by atoms with van der Waals surface area (Å²) in [5, 5.41) is 4.05. The molecule has 1 aromatic heterocycles. The molecule has 28 heavy (non-hydrogen) atoms. The summed E-state index contributed by atoms with van der Waals surface area (Å²) in [7, 11) is 0. The van der Waals surface area contributed by atoms with E-state index in [4.69, 9.17) is 23.8 Å². The Balaban J connectivity index is 1.73. The molecular weight excluding hydrogens is 394 g/mol. The Morgan fingerprint density at radius 2 is 1.96 bits per heavy atom. The molecule has 3 rings (SSSR count). The fraction of sp³-hybridized carbons (Fsp3) is 0.286. The first kappa shape index (κ1) is 20.3. The molecule has 0 bridgehead atoms. The number of halogens is 1. The van der Waals surface area contributed by atoms with Crippen molar-refractivity contribution in [1.82, 2.24) is 14.9 Å². The van der Waals surface area contributed by atoms with Crippen LogP contribution in [0.5, 0.6) is 0 Å². The molecule has 3 aromatic rings. The van der Waals surface area contributed by atoms with E-state index in [9.17, 15) is 9.59 Å². The number of hydrogen-bond acceptors (Lipinski definition) is 3. The van der Waals surface area contributed by atoms with Crippen LogP contribution in [0.25, 0.3) is 10.9 Å². The van der Waals surface area contributed by atoms with E-state index in [1.807, 2.05) is 38.1 Å². The van der Waals surface area contributed by atoms with Gasteiger partial charge < -0.3 is 10.3 Å². The van der Waals surface area contributed by atoms with Gasteiger partial charge >= 0.3 is 0 Å². The van der Waals surface area contributed by atoms with Crippen molar-refractivity contribution in [1.29, 1.82) is 0 Å². The zero-order chi connectivity index (χ0) is 20.3. The van der Waals surface area contributed by atoms with Crippen molar-refractivity contribution in [2.75, 3.05) is 0 Å². The third kappa shape index (κ3) is 4.51. The highest BCUT2D eigenvalue weighted by Gasteiger charge is 2.14. The molecule has 1 unspecified atom stereocenters. The Bertz CT molecular complexity index is 1120. The number of amides is 1. The lowest BCUT2D eigenvalue weighted by Gasteiger charge is -2.18. The average Bonchev–Trinajstić information content (AvgIpc) is 2.66. The molecule has 1 amide bonds. The lowest BCUT2D eigenvalue weighted by atomic mass is 10.0. The second kappa shape index (κ2) is 8.71. The van der Waals surface area contributed by atoms with Crippen molar-refractivity contribution in [2.45, 2.75) is 39.3 Å². The van der Waals surface area contributed by atoms with E-state index < -0.39 is 0 Å². The number of hydrogen-bond donors (Lipinski definition) is 2. The molecule has 0 fully saturated rings. The van der Waals surface area contributed by atoms with Gasteiger partial charge in [0.05, 0.1) is 16.9 Å². The number of aryl methyl sites for hydroxylation is 1. The van der Waals surface area contributed by atoms with Crippen molar-refractivity contribution in [3.63, 3.8) is 0 Å². The van der Waals surface area contributed by atoms with Crippen molar-refractivity contribution in [2.24, 2.45) is 0 Å². The summed E-state index contributed by atoms with van der Waals surface area (Å²) in [5.74, 6) is -0.120. The van der Waals surface area contributed by atoms with Crippen LogP contribution in [0.2, 0.25) is 5.02 Å². The maximum absolute atomic E-state index is 12.7. The van der Waals surface area contributed by atoms with Gasteiger partial charge in [0.2, 0.25) is 5.91 Å². The maximum Gasteiger partial charge on any atom is 0.262 e. The van der Waals surface area contributed by atoms with Gasteiger partial charge in [0.25, 0.3) is 5.56 Å². The highest BCUT2D eigenvalue weighted by Crippen LogP contribution is 2.18. The first-order valence-electron chi connectivity index (χ1n) is 9.17. The molecule has 1 heterocycles. The minimum atomic E-state index is -0.228. The largest absolute Gasteiger partial charge is 0.349 e. The number of aromatic amines is 1. The number of rotatable bonds is 6. The minimum absolute atomic E-state index is 0.0573. The summed E-state index contributed by atoms with van der Waals surface area (Å²) in [5.41, 5.74) is 2.61. The number of H-pyrrole nitrogens is 1. The van der Waals surface area contributed by atoms with Gasteiger partial charge in [0.15, 0.2) is 4.77 Å². The molecule has 0 aliphatic rings. The Labute approximate surface area is 173 Å². The summed E-state index contributed by atoms with van der Waals surface area (Å²) < 4.78 is 1.69. The summed E-state index contributed by atoms with van der Waals surface area (Å²) in [6.45, 7) is 4.27. The standard InChI is InChI=1S/C21H22ClN3O2S/c1-3-17(14-6-4-13(2)5-7-14)23-19(26)10-11-25-20(27)16-9-8-15(22)12-18(16)24-21(25)28/h4-9,12,17H,3,10-11H2,1-2H3,(H,23,26)(H,24,28). The molecular formula is C21H22ClN3O2S. The van der Waals surface area contributed by atoms with E-state index in [1.165, 1.54) is 10.1 Å². The number of fused-ring (bicyclic) bond motifs is 1. The molecule has 0 saturated heterocycles. The normalized spacial score (nSPS) is 12.1. The molecule has 2 N–H and O–H groups in total. The predicted molar refractivity (Wildman–Crippen MR) is 115 cm³/mol. The topological polar surface area (TPSA) is 66.9 Å². The molecule has 7 heteroatoms. The Morgan fingerprint density at radius 1 is 1.25 bits per heavy atom. The lowest BCUT2D eigenvalue weighted by Crippen LogP contribution is -2.31. The van der Waals surface area contributed by atoms with Crippen LogP contribution in [0, 0.1) is 11.7 Å². The van der Waals surface area contributed by atoms with E-state index in [-0.39, 0.29) is 35.2 Å². The molecule has 0 aliphatic heterocycles. The fourth-order valence-corrected chi connectivity index (χ4v) is 3.59. The number of nitrogens with one attached hydrogen (secondary N) is 2. The van der Waals surface area contributed by atoms with E-state index >= 15 is 0 Å². The van der Waals surface area contributed by atoms with E-state index in [0.29, 0.717) is 15.9 Å². The molecule has 146 valence electrons. The number of carbonyl (C=O) groups excluding carboxylic acids is 1. The van der Waals surface area contributed by atoms with Crippen molar-refractivity contribution in [3.05, 3.63) is 73.7 Å². The molecule has 0 radical (unpaired) electrons. The van der Waals surface area contributed by atoms with Crippen molar-refractivity contribution in [3.8, 4) is 0 Å². The molecule has 2 aromatic carbocycles. The third-order valence-electron chi connectivity index (χ3n) is 4.73. The van der Waals surface area contributed by atoms with Gasteiger partial charge in [-0.2, -0.15) is 0 Å². The van der Waals surface area contributed by atoms with Crippen LogP contribution in [0.4, 0.5) is 0 Å². The van der Waals surface area contributed by atoms with Crippen molar-refractivity contribution < 1.29 is 4.79 Å². The number of benzene rings is 2. The zero-order valence-electron chi connectivity index (χ0n) is 15.8. The maximum atomic E-state index is 12.7. The number of aromatic nitrogens is 2.